The Bertz CT molecular complexity index is 145. The lowest BCUT2D eigenvalue weighted by Crippen LogP contribution is -2.29. The first-order valence-corrected chi connectivity index (χ1v) is 6.81. The van der Waals surface area contributed by atoms with Crippen LogP contribution in [0.3, 0.4) is 0 Å². The van der Waals surface area contributed by atoms with Gasteiger partial charge in [-0.3, -0.25) is 0 Å². The second-order valence-corrected chi connectivity index (χ2v) is 6.14. The SMILES string of the molecule is CC(C)CC1CCNC(CC(C)C)CC1. The number of hydrogen-bond donors (Lipinski definition) is 1. The van der Waals surface area contributed by atoms with Crippen molar-refractivity contribution >= 4 is 0 Å². The van der Waals surface area contributed by atoms with E-state index in [0.717, 1.165) is 23.8 Å². The summed E-state index contributed by atoms with van der Waals surface area (Å²) in [5.41, 5.74) is 0. The molecule has 15 heavy (non-hydrogen) atoms. The minimum Gasteiger partial charge on any atom is -0.314 e. The maximum Gasteiger partial charge on any atom is 0.00696 e. The second-order valence-electron chi connectivity index (χ2n) is 6.14. The summed E-state index contributed by atoms with van der Waals surface area (Å²) in [6.07, 6.45) is 7.02. The highest BCUT2D eigenvalue weighted by Crippen LogP contribution is 2.25. The third-order valence-electron chi connectivity index (χ3n) is 3.47. The van der Waals surface area contributed by atoms with Crippen LogP contribution in [0, 0.1) is 17.8 Å². The van der Waals surface area contributed by atoms with Crippen molar-refractivity contribution in [3.05, 3.63) is 0 Å². The molecule has 1 rings (SSSR count). The molecule has 1 aliphatic rings. The minimum absolute atomic E-state index is 0.794. The molecule has 0 spiro atoms. The summed E-state index contributed by atoms with van der Waals surface area (Å²) in [7, 11) is 0. The van der Waals surface area contributed by atoms with Crippen molar-refractivity contribution in [1.82, 2.24) is 5.32 Å². The molecule has 0 bridgehead atoms. The fourth-order valence-corrected chi connectivity index (χ4v) is 2.85. The molecule has 1 fully saturated rings. The molecule has 1 aliphatic heterocycles. The van der Waals surface area contributed by atoms with E-state index in [1.807, 2.05) is 0 Å². The van der Waals surface area contributed by atoms with E-state index in [9.17, 15) is 0 Å². The highest BCUT2D eigenvalue weighted by Gasteiger charge is 2.19. The van der Waals surface area contributed by atoms with E-state index in [0.29, 0.717) is 0 Å². The molecule has 1 heteroatoms. The molecule has 1 nitrogen and oxygen atoms in total. The molecular weight excluding hydrogens is 182 g/mol. The summed E-state index contributed by atoms with van der Waals surface area (Å²) < 4.78 is 0. The zero-order chi connectivity index (χ0) is 11.3. The van der Waals surface area contributed by atoms with Crippen LogP contribution >= 0.6 is 0 Å². The third kappa shape index (κ3) is 5.55. The van der Waals surface area contributed by atoms with Gasteiger partial charge in [-0.2, -0.15) is 0 Å². The summed E-state index contributed by atoms with van der Waals surface area (Å²) in [5.74, 6) is 2.69. The lowest BCUT2D eigenvalue weighted by molar-refractivity contribution is 0.367. The highest BCUT2D eigenvalue weighted by atomic mass is 14.9. The maximum atomic E-state index is 3.72. The van der Waals surface area contributed by atoms with E-state index < -0.39 is 0 Å². The molecule has 1 heterocycles. The first-order valence-electron chi connectivity index (χ1n) is 6.81. The van der Waals surface area contributed by atoms with Gasteiger partial charge in [0.1, 0.15) is 0 Å². The zero-order valence-electron chi connectivity index (χ0n) is 11.1. The molecule has 1 saturated heterocycles. The van der Waals surface area contributed by atoms with Gasteiger partial charge in [0, 0.05) is 6.04 Å². The van der Waals surface area contributed by atoms with E-state index in [1.165, 1.54) is 38.6 Å². The van der Waals surface area contributed by atoms with Crippen LogP contribution in [0.4, 0.5) is 0 Å². The van der Waals surface area contributed by atoms with Crippen molar-refractivity contribution in [2.45, 2.75) is 65.8 Å². The quantitative estimate of drug-likeness (QED) is 0.745. The Balaban J connectivity index is 2.28. The zero-order valence-corrected chi connectivity index (χ0v) is 11.1. The summed E-state index contributed by atoms with van der Waals surface area (Å²) >= 11 is 0. The average molecular weight is 211 g/mol. The fraction of sp³-hybridized carbons (Fsp3) is 1.00. The summed E-state index contributed by atoms with van der Waals surface area (Å²) in [4.78, 5) is 0. The van der Waals surface area contributed by atoms with Crippen LogP contribution in [-0.4, -0.2) is 12.6 Å². The molecule has 1 N–H and O–H groups in total. The summed E-state index contributed by atoms with van der Waals surface area (Å²) in [6.45, 7) is 10.6. The lowest BCUT2D eigenvalue weighted by Gasteiger charge is -2.18. The van der Waals surface area contributed by atoms with Gasteiger partial charge in [0.2, 0.25) is 0 Å². The van der Waals surface area contributed by atoms with Gasteiger partial charge >= 0.3 is 0 Å². The van der Waals surface area contributed by atoms with E-state index >= 15 is 0 Å². The standard InChI is InChI=1S/C14H29N/c1-11(2)9-13-5-6-14(10-12(3)4)15-8-7-13/h11-15H,5-10H2,1-4H3. The predicted molar refractivity (Wildman–Crippen MR) is 68.0 cm³/mol. The molecule has 0 aromatic rings. The summed E-state index contributed by atoms with van der Waals surface area (Å²) in [5, 5.41) is 3.72. The molecular formula is C14H29N. The number of rotatable bonds is 4. The fourth-order valence-electron chi connectivity index (χ4n) is 2.85. The molecule has 0 aliphatic carbocycles. The molecule has 0 aromatic carbocycles. The molecule has 0 aromatic heterocycles. The average Bonchev–Trinajstić information content (AvgIpc) is 2.29. The van der Waals surface area contributed by atoms with E-state index in [1.54, 1.807) is 0 Å². The van der Waals surface area contributed by atoms with E-state index in [-0.39, 0.29) is 0 Å². The van der Waals surface area contributed by atoms with Crippen molar-refractivity contribution in [2.75, 3.05) is 6.54 Å². The van der Waals surface area contributed by atoms with Gasteiger partial charge in [-0.15, -0.1) is 0 Å². The number of nitrogens with one attached hydrogen (secondary N) is 1. The van der Waals surface area contributed by atoms with Crippen LogP contribution in [0.1, 0.15) is 59.8 Å². The first kappa shape index (κ1) is 13.0. The van der Waals surface area contributed by atoms with Crippen LogP contribution in [0.25, 0.3) is 0 Å². The normalized spacial score (nSPS) is 28.4. The Hall–Kier alpha value is -0.0400. The Kier molecular flexibility index (Phi) is 5.66. The monoisotopic (exact) mass is 211 g/mol. The highest BCUT2D eigenvalue weighted by molar-refractivity contribution is 4.76. The van der Waals surface area contributed by atoms with Gasteiger partial charge in [-0.05, 0) is 56.4 Å². The van der Waals surface area contributed by atoms with Gasteiger partial charge in [-0.25, -0.2) is 0 Å². The second kappa shape index (κ2) is 6.52. The Morgan fingerprint density at radius 1 is 0.933 bits per heavy atom. The Morgan fingerprint density at radius 3 is 2.20 bits per heavy atom. The largest absolute Gasteiger partial charge is 0.314 e. The van der Waals surface area contributed by atoms with Crippen LogP contribution in [0.5, 0.6) is 0 Å². The molecule has 0 saturated carbocycles. The van der Waals surface area contributed by atoms with Crippen molar-refractivity contribution < 1.29 is 0 Å². The smallest absolute Gasteiger partial charge is 0.00696 e. The van der Waals surface area contributed by atoms with Crippen molar-refractivity contribution in [3.8, 4) is 0 Å². The molecule has 2 unspecified atom stereocenters. The van der Waals surface area contributed by atoms with Crippen LogP contribution in [0.2, 0.25) is 0 Å². The molecule has 2 atom stereocenters. The Labute approximate surface area is 96.0 Å². The van der Waals surface area contributed by atoms with Gasteiger partial charge < -0.3 is 5.32 Å². The van der Waals surface area contributed by atoms with Crippen LogP contribution < -0.4 is 5.32 Å². The van der Waals surface area contributed by atoms with Gasteiger partial charge in [0.25, 0.3) is 0 Å². The predicted octanol–water partition coefficient (Wildman–Crippen LogP) is 3.84. The molecule has 0 amide bonds. The van der Waals surface area contributed by atoms with Crippen molar-refractivity contribution in [2.24, 2.45) is 17.8 Å². The first-order chi connectivity index (χ1) is 7.08. The van der Waals surface area contributed by atoms with Crippen molar-refractivity contribution in [1.29, 1.82) is 0 Å². The molecule has 0 radical (unpaired) electrons. The summed E-state index contributed by atoms with van der Waals surface area (Å²) in [6, 6.07) is 0.794. The van der Waals surface area contributed by atoms with Gasteiger partial charge in [0.15, 0.2) is 0 Å². The maximum absolute atomic E-state index is 3.72. The van der Waals surface area contributed by atoms with E-state index in [2.05, 4.69) is 33.0 Å². The van der Waals surface area contributed by atoms with Gasteiger partial charge in [0.05, 0.1) is 0 Å². The van der Waals surface area contributed by atoms with E-state index in [4.69, 9.17) is 0 Å². The van der Waals surface area contributed by atoms with Gasteiger partial charge in [-0.1, -0.05) is 27.7 Å². The minimum atomic E-state index is 0.794. The van der Waals surface area contributed by atoms with Crippen LogP contribution in [-0.2, 0) is 0 Å². The lowest BCUT2D eigenvalue weighted by atomic mass is 9.89. The van der Waals surface area contributed by atoms with Crippen molar-refractivity contribution in [3.63, 3.8) is 0 Å². The topological polar surface area (TPSA) is 12.0 Å². The molecule has 90 valence electrons. The van der Waals surface area contributed by atoms with Crippen LogP contribution in [0.15, 0.2) is 0 Å². The Morgan fingerprint density at radius 2 is 1.60 bits per heavy atom. The third-order valence-corrected chi connectivity index (χ3v) is 3.47. The number of hydrogen-bond acceptors (Lipinski definition) is 1.